The summed E-state index contributed by atoms with van der Waals surface area (Å²) in [6.07, 6.45) is 1.65. The van der Waals surface area contributed by atoms with Crippen LogP contribution in [0.4, 0.5) is 14.9 Å². The lowest BCUT2D eigenvalue weighted by molar-refractivity contribution is 0.238. The zero-order valence-electron chi connectivity index (χ0n) is 14.6. The molecule has 0 saturated carbocycles. The van der Waals surface area contributed by atoms with Crippen LogP contribution >= 0.6 is 0 Å². The Hall–Kier alpha value is -2.61. The maximum atomic E-state index is 12.9. The molecule has 0 radical (unpaired) electrons. The van der Waals surface area contributed by atoms with Gasteiger partial charge in [0.15, 0.2) is 0 Å². The quantitative estimate of drug-likeness (QED) is 0.691. The Morgan fingerprint density at radius 1 is 1.12 bits per heavy atom. The van der Waals surface area contributed by atoms with E-state index < -0.39 is 16.1 Å². The highest BCUT2D eigenvalue weighted by molar-refractivity contribution is 7.92. The number of nitrogens with one attached hydrogen (secondary N) is 3. The van der Waals surface area contributed by atoms with E-state index in [0.29, 0.717) is 24.2 Å². The normalized spacial score (nSPS) is 12.3. The molecule has 2 aromatic carbocycles. The molecule has 3 N–H and O–H groups in total. The van der Waals surface area contributed by atoms with Crippen LogP contribution in [0.1, 0.15) is 24.1 Å². The number of amides is 2. The predicted octanol–water partition coefficient (Wildman–Crippen LogP) is 2.80. The smallest absolute Gasteiger partial charge is 0.315 e. The molecule has 0 aliphatic carbocycles. The van der Waals surface area contributed by atoms with Crippen molar-refractivity contribution >= 4 is 21.7 Å². The van der Waals surface area contributed by atoms with Crippen molar-refractivity contribution in [2.45, 2.75) is 19.4 Å². The third kappa shape index (κ3) is 6.36. The standard InChI is InChI=1S/C18H22FN3O3S/c1-13(16-5-3-4-6-17(16)22-26(2,24)25)21-18(23)20-12-11-14-7-9-15(19)10-8-14/h3-10,13,22H,11-12H2,1-2H3,(H2,20,21,23)/t13-/m1/s1. The van der Waals surface area contributed by atoms with Crippen molar-refractivity contribution in [3.8, 4) is 0 Å². The zero-order valence-corrected chi connectivity index (χ0v) is 15.4. The highest BCUT2D eigenvalue weighted by Gasteiger charge is 2.14. The largest absolute Gasteiger partial charge is 0.338 e. The number of anilines is 1. The molecule has 0 unspecified atom stereocenters. The van der Waals surface area contributed by atoms with Crippen LogP contribution < -0.4 is 15.4 Å². The number of halogens is 1. The minimum Gasteiger partial charge on any atom is -0.338 e. The van der Waals surface area contributed by atoms with Crippen molar-refractivity contribution in [3.05, 3.63) is 65.5 Å². The molecule has 0 heterocycles. The number of carbonyl (C=O) groups excluding carboxylic acids is 1. The number of hydrogen-bond acceptors (Lipinski definition) is 3. The van der Waals surface area contributed by atoms with Crippen molar-refractivity contribution in [2.75, 3.05) is 17.5 Å². The maximum absolute atomic E-state index is 12.9. The first-order valence-electron chi connectivity index (χ1n) is 8.10. The number of para-hydroxylation sites is 1. The summed E-state index contributed by atoms with van der Waals surface area (Å²) in [5.74, 6) is -0.297. The molecule has 0 saturated heterocycles. The van der Waals surface area contributed by atoms with Crippen LogP contribution in [0.15, 0.2) is 48.5 Å². The number of benzene rings is 2. The molecule has 0 spiro atoms. The molecule has 2 aromatic rings. The summed E-state index contributed by atoms with van der Waals surface area (Å²) in [5, 5.41) is 5.50. The molecule has 1 atom stereocenters. The van der Waals surface area contributed by atoms with Crippen LogP contribution in [0, 0.1) is 5.82 Å². The topological polar surface area (TPSA) is 87.3 Å². The molecule has 6 nitrogen and oxygen atoms in total. The molecule has 0 aliphatic heterocycles. The Morgan fingerprint density at radius 2 is 1.77 bits per heavy atom. The van der Waals surface area contributed by atoms with E-state index in [4.69, 9.17) is 0 Å². The highest BCUT2D eigenvalue weighted by Crippen LogP contribution is 2.23. The van der Waals surface area contributed by atoms with E-state index in [2.05, 4.69) is 15.4 Å². The number of rotatable bonds is 7. The Kier molecular flexibility index (Phi) is 6.57. The van der Waals surface area contributed by atoms with Crippen molar-refractivity contribution in [2.24, 2.45) is 0 Å². The molecule has 26 heavy (non-hydrogen) atoms. The van der Waals surface area contributed by atoms with Crippen molar-refractivity contribution in [3.63, 3.8) is 0 Å². The lowest BCUT2D eigenvalue weighted by atomic mass is 10.1. The summed E-state index contributed by atoms with van der Waals surface area (Å²) in [6, 6.07) is 12.2. The van der Waals surface area contributed by atoms with E-state index in [1.807, 2.05) is 0 Å². The summed E-state index contributed by atoms with van der Waals surface area (Å²) < 4.78 is 38.2. The van der Waals surface area contributed by atoms with Crippen molar-refractivity contribution < 1.29 is 17.6 Å². The number of hydrogen-bond donors (Lipinski definition) is 3. The second-order valence-electron chi connectivity index (χ2n) is 5.96. The predicted molar refractivity (Wildman–Crippen MR) is 100.0 cm³/mol. The highest BCUT2D eigenvalue weighted by atomic mass is 32.2. The van der Waals surface area contributed by atoms with Gasteiger partial charge in [-0.05, 0) is 42.7 Å². The molecule has 0 bridgehead atoms. The summed E-state index contributed by atoms with van der Waals surface area (Å²) in [5.41, 5.74) is 2.00. The first-order valence-corrected chi connectivity index (χ1v) is 9.99. The van der Waals surface area contributed by atoms with Gasteiger partial charge < -0.3 is 10.6 Å². The van der Waals surface area contributed by atoms with E-state index in [9.17, 15) is 17.6 Å². The molecule has 8 heteroatoms. The summed E-state index contributed by atoms with van der Waals surface area (Å²) in [6.45, 7) is 2.16. The van der Waals surface area contributed by atoms with Crippen LogP contribution in [0.5, 0.6) is 0 Å². The van der Waals surface area contributed by atoms with Gasteiger partial charge in [-0.2, -0.15) is 0 Å². The van der Waals surface area contributed by atoms with Crippen LogP contribution in [-0.2, 0) is 16.4 Å². The maximum Gasteiger partial charge on any atom is 0.315 e. The van der Waals surface area contributed by atoms with E-state index in [1.165, 1.54) is 12.1 Å². The second-order valence-corrected chi connectivity index (χ2v) is 7.71. The molecule has 2 rings (SSSR count). The van der Waals surface area contributed by atoms with E-state index in [-0.39, 0.29) is 11.8 Å². The van der Waals surface area contributed by atoms with Gasteiger partial charge in [0, 0.05) is 6.54 Å². The minimum absolute atomic E-state index is 0.297. The van der Waals surface area contributed by atoms with Gasteiger partial charge in [0.2, 0.25) is 10.0 Å². The van der Waals surface area contributed by atoms with Gasteiger partial charge in [0.05, 0.1) is 18.0 Å². The van der Waals surface area contributed by atoms with Crippen molar-refractivity contribution in [1.82, 2.24) is 10.6 Å². The molecule has 0 aliphatic rings. The lowest BCUT2D eigenvalue weighted by Gasteiger charge is -2.18. The monoisotopic (exact) mass is 379 g/mol. The van der Waals surface area contributed by atoms with Gasteiger partial charge >= 0.3 is 6.03 Å². The molecule has 0 aromatic heterocycles. The number of carbonyl (C=O) groups is 1. The van der Waals surface area contributed by atoms with Gasteiger partial charge in [-0.3, -0.25) is 4.72 Å². The van der Waals surface area contributed by atoms with Gasteiger partial charge in [0.1, 0.15) is 5.82 Å². The van der Waals surface area contributed by atoms with Crippen LogP contribution in [0.25, 0.3) is 0 Å². The van der Waals surface area contributed by atoms with E-state index in [1.54, 1.807) is 43.3 Å². The fraction of sp³-hybridized carbons (Fsp3) is 0.278. The molecule has 140 valence electrons. The van der Waals surface area contributed by atoms with Gasteiger partial charge in [0.25, 0.3) is 0 Å². The first kappa shape index (κ1) is 19.7. The average molecular weight is 379 g/mol. The zero-order chi connectivity index (χ0) is 19.2. The van der Waals surface area contributed by atoms with Crippen LogP contribution in [0.3, 0.4) is 0 Å². The fourth-order valence-electron chi connectivity index (χ4n) is 2.46. The third-order valence-electron chi connectivity index (χ3n) is 3.68. The Balaban J connectivity index is 1.89. The first-order chi connectivity index (χ1) is 12.2. The minimum atomic E-state index is -3.41. The summed E-state index contributed by atoms with van der Waals surface area (Å²) in [7, 11) is -3.41. The Morgan fingerprint density at radius 3 is 2.42 bits per heavy atom. The number of urea groups is 1. The van der Waals surface area contributed by atoms with E-state index in [0.717, 1.165) is 11.8 Å². The fourth-order valence-corrected chi connectivity index (χ4v) is 3.05. The molecule has 0 fully saturated rings. The van der Waals surface area contributed by atoms with Gasteiger partial charge in [-0.25, -0.2) is 17.6 Å². The molecular weight excluding hydrogens is 357 g/mol. The molecule has 2 amide bonds. The Bertz CT molecular complexity index is 854. The third-order valence-corrected chi connectivity index (χ3v) is 4.27. The Labute approximate surface area is 152 Å². The van der Waals surface area contributed by atoms with Gasteiger partial charge in [-0.1, -0.05) is 30.3 Å². The van der Waals surface area contributed by atoms with Crippen LogP contribution in [0.2, 0.25) is 0 Å². The second kappa shape index (κ2) is 8.66. The molecular formula is C18H22FN3O3S. The lowest BCUT2D eigenvalue weighted by Crippen LogP contribution is -2.38. The van der Waals surface area contributed by atoms with Crippen molar-refractivity contribution in [1.29, 1.82) is 0 Å². The SMILES string of the molecule is C[C@@H](NC(=O)NCCc1ccc(F)cc1)c1ccccc1NS(C)(=O)=O. The average Bonchev–Trinajstić information content (AvgIpc) is 2.55. The summed E-state index contributed by atoms with van der Waals surface area (Å²) >= 11 is 0. The summed E-state index contributed by atoms with van der Waals surface area (Å²) in [4.78, 5) is 12.0. The van der Waals surface area contributed by atoms with Crippen LogP contribution in [-0.4, -0.2) is 27.2 Å². The number of sulfonamides is 1. The van der Waals surface area contributed by atoms with Gasteiger partial charge in [-0.15, -0.1) is 0 Å². The van der Waals surface area contributed by atoms with E-state index >= 15 is 0 Å².